The van der Waals surface area contributed by atoms with Gasteiger partial charge < -0.3 is 4.74 Å². The molecule has 0 bridgehead atoms. The third-order valence-corrected chi connectivity index (χ3v) is 3.29. The fourth-order valence-electron chi connectivity index (χ4n) is 1.95. The number of hydrogen-bond donors (Lipinski definition) is 1. The summed E-state index contributed by atoms with van der Waals surface area (Å²) in [5.41, 5.74) is -2.77. The lowest BCUT2D eigenvalue weighted by Crippen LogP contribution is -2.66. The van der Waals surface area contributed by atoms with E-state index >= 15 is 0 Å². The van der Waals surface area contributed by atoms with Crippen molar-refractivity contribution in [3.05, 3.63) is 28.8 Å². The number of amides is 1. The Morgan fingerprint density at radius 3 is 1.70 bits per heavy atom. The van der Waals surface area contributed by atoms with E-state index < -0.39 is 24.0 Å². The van der Waals surface area contributed by atoms with Gasteiger partial charge in [0, 0.05) is 0 Å². The molecule has 23 heavy (non-hydrogen) atoms. The second kappa shape index (κ2) is 5.93. The number of rotatable bonds is 2. The molecular formula is C14H15F6NO2. The van der Waals surface area contributed by atoms with Gasteiger partial charge in [0.1, 0.15) is 5.75 Å². The maximum absolute atomic E-state index is 12.7. The zero-order valence-electron chi connectivity index (χ0n) is 12.7. The van der Waals surface area contributed by atoms with E-state index in [-0.39, 0.29) is 12.7 Å². The number of alkyl halides is 6. The van der Waals surface area contributed by atoms with Crippen molar-refractivity contribution in [2.75, 3.05) is 0 Å². The SMILES string of the molecule is Cc1cc(C)c(OC(=O)NC(C)(C(F)(F)F)C(F)(F)F)c(C)c1. The molecule has 1 N–H and O–H groups in total. The molecular weight excluding hydrogens is 328 g/mol. The molecule has 130 valence electrons. The predicted octanol–water partition coefficient (Wildman–Crippen LogP) is 4.58. The second-order valence-electron chi connectivity index (χ2n) is 5.36. The Balaban J connectivity index is 3.08. The second-order valence-corrected chi connectivity index (χ2v) is 5.36. The first-order valence-corrected chi connectivity index (χ1v) is 6.40. The summed E-state index contributed by atoms with van der Waals surface area (Å²) in [6.45, 7) is 4.63. The lowest BCUT2D eigenvalue weighted by Gasteiger charge is -2.34. The number of benzene rings is 1. The topological polar surface area (TPSA) is 38.3 Å². The van der Waals surface area contributed by atoms with Gasteiger partial charge >= 0.3 is 18.4 Å². The van der Waals surface area contributed by atoms with E-state index in [1.807, 2.05) is 0 Å². The van der Waals surface area contributed by atoms with E-state index in [1.165, 1.54) is 13.8 Å². The van der Waals surface area contributed by atoms with Crippen LogP contribution in [0.25, 0.3) is 0 Å². The number of hydrogen-bond acceptors (Lipinski definition) is 2. The van der Waals surface area contributed by atoms with Gasteiger partial charge in [-0.1, -0.05) is 17.7 Å². The van der Waals surface area contributed by atoms with Crippen LogP contribution in [0.5, 0.6) is 5.75 Å². The summed E-state index contributed by atoms with van der Waals surface area (Å²) in [6, 6.07) is 3.17. The highest BCUT2D eigenvalue weighted by molar-refractivity contribution is 5.72. The summed E-state index contributed by atoms with van der Waals surface area (Å²) < 4.78 is 81.0. The van der Waals surface area contributed by atoms with E-state index in [0.29, 0.717) is 11.1 Å². The minimum atomic E-state index is -5.73. The van der Waals surface area contributed by atoms with Gasteiger partial charge in [0.2, 0.25) is 5.54 Å². The van der Waals surface area contributed by atoms with Crippen LogP contribution in [-0.4, -0.2) is 24.0 Å². The van der Waals surface area contributed by atoms with Crippen molar-refractivity contribution in [1.82, 2.24) is 5.32 Å². The summed E-state index contributed by atoms with van der Waals surface area (Å²) in [7, 11) is 0. The van der Waals surface area contributed by atoms with Gasteiger partial charge in [0.05, 0.1) is 0 Å². The van der Waals surface area contributed by atoms with Gasteiger partial charge in [0.15, 0.2) is 0 Å². The highest BCUT2D eigenvalue weighted by Crippen LogP contribution is 2.42. The Bertz CT molecular complexity index is 569. The number of ether oxygens (including phenoxy) is 1. The first-order valence-electron chi connectivity index (χ1n) is 6.40. The third kappa shape index (κ3) is 3.89. The molecule has 1 amide bonds. The molecule has 0 atom stereocenters. The van der Waals surface area contributed by atoms with Crippen LogP contribution in [0, 0.1) is 20.8 Å². The normalized spacial score (nSPS) is 13.0. The van der Waals surface area contributed by atoms with Gasteiger partial charge in [-0.05, 0) is 38.8 Å². The Morgan fingerprint density at radius 1 is 0.957 bits per heavy atom. The largest absolute Gasteiger partial charge is 0.420 e. The van der Waals surface area contributed by atoms with Crippen LogP contribution in [-0.2, 0) is 0 Å². The van der Waals surface area contributed by atoms with Gasteiger partial charge in [0.25, 0.3) is 0 Å². The van der Waals surface area contributed by atoms with Gasteiger partial charge in [-0.3, -0.25) is 5.32 Å². The van der Waals surface area contributed by atoms with E-state index in [1.54, 1.807) is 19.1 Å². The minimum Gasteiger partial charge on any atom is -0.410 e. The van der Waals surface area contributed by atoms with Crippen LogP contribution in [0.15, 0.2) is 12.1 Å². The Kier molecular flexibility index (Phi) is 4.93. The van der Waals surface area contributed by atoms with Crippen LogP contribution in [0.3, 0.4) is 0 Å². The smallest absolute Gasteiger partial charge is 0.410 e. The van der Waals surface area contributed by atoms with Crippen LogP contribution in [0.2, 0.25) is 0 Å². The van der Waals surface area contributed by atoms with Crippen LogP contribution < -0.4 is 10.1 Å². The maximum Gasteiger partial charge on any atom is 0.420 e. The minimum absolute atomic E-state index is 0.0835. The van der Waals surface area contributed by atoms with Crippen molar-refractivity contribution < 1.29 is 35.9 Å². The number of halogens is 6. The quantitative estimate of drug-likeness (QED) is 0.798. The zero-order chi connectivity index (χ0) is 18.2. The summed E-state index contributed by atoms with van der Waals surface area (Å²) in [5, 5.41) is 0.880. The first-order chi connectivity index (χ1) is 10.2. The van der Waals surface area contributed by atoms with Crippen molar-refractivity contribution >= 4 is 6.09 Å². The summed E-state index contributed by atoms with van der Waals surface area (Å²) >= 11 is 0. The van der Waals surface area contributed by atoms with Crippen LogP contribution in [0.4, 0.5) is 31.1 Å². The molecule has 0 saturated heterocycles. The maximum atomic E-state index is 12.7. The standard InChI is InChI=1S/C14H15F6NO2/c1-7-5-8(2)10(9(3)6-7)23-11(22)21-12(4,13(15,16)17)14(18,19)20/h5-6H,1-4H3,(H,21,22). The van der Waals surface area contributed by atoms with Crippen molar-refractivity contribution in [1.29, 1.82) is 0 Å². The number of carbonyl (C=O) groups is 1. The number of nitrogens with one attached hydrogen (secondary N) is 1. The number of aryl methyl sites for hydroxylation is 3. The van der Waals surface area contributed by atoms with E-state index in [9.17, 15) is 31.1 Å². The summed E-state index contributed by atoms with van der Waals surface area (Å²) in [6.07, 6.45) is -13.3. The van der Waals surface area contributed by atoms with E-state index in [2.05, 4.69) is 4.74 Å². The molecule has 0 unspecified atom stereocenters. The monoisotopic (exact) mass is 343 g/mol. The van der Waals surface area contributed by atoms with Crippen molar-refractivity contribution in [2.24, 2.45) is 0 Å². The summed E-state index contributed by atoms with van der Waals surface area (Å²) in [4.78, 5) is 11.6. The lowest BCUT2D eigenvalue weighted by molar-refractivity contribution is -0.298. The predicted molar refractivity (Wildman–Crippen MR) is 70.3 cm³/mol. The highest BCUT2D eigenvalue weighted by atomic mass is 19.4. The van der Waals surface area contributed by atoms with Crippen molar-refractivity contribution in [2.45, 2.75) is 45.6 Å². The molecule has 0 radical (unpaired) electrons. The molecule has 0 aliphatic heterocycles. The molecule has 3 nitrogen and oxygen atoms in total. The average molecular weight is 343 g/mol. The van der Waals surface area contributed by atoms with E-state index in [4.69, 9.17) is 0 Å². The summed E-state index contributed by atoms with van der Waals surface area (Å²) in [5.74, 6) is -0.0835. The lowest BCUT2D eigenvalue weighted by atomic mass is 10.0. The molecule has 0 saturated carbocycles. The molecule has 0 aromatic heterocycles. The molecule has 1 rings (SSSR count). The third-order valence-electron chi connectivity index (χ3n) is 3.29. The van der Waals surface area contributed by atoms with E-state index in [0.717, 1.165) is 10.9 Å². The molecule has 1 aromatic rings. The zero-order valence-corrected chi connectivity index (χ0v) is 12.7. The molecule has 0 aliphatic rings. The molecule has 0 spiro atoms. The Labute approximate surface area is 128 Å². The molecule has 0 aliphatic carbocycles. The van der Waals surface area contributed by atoms with Crippen LogP contribution >= 0.6 is 0 Å². The van der Waals surface area contributed by atoms with Gasteiger partial charge in [-0.15, -0.1) is 0 Å². The highest BCUT2D eigenvalue weighted by Gasteiger charge is 2.69. The fourth-order valence-corrected chi connectivity index (χ4v) is 1.95. The van der Waals surface area contributed by atoms with Crippen LogP contribution in [0.1, 0.15) is 23.6 Å². The van der Waals surface area contributed by atoms with Gasteiger partial charge in [-0.2, -0.15) is 26.3 Å². The van der Waals surface area contributed by atoms with Crippen molar-refractivity contribution in [3.8, 4) is 5.75 Å². The number of carbonyl (C=O) groups excluding carboxylic acids is 1. The average Bonchev–Trinajstić information content (AvgIpc) is 2.30. The molecule has 9 heteroatoms. The Morgan fingerprint density at radius 2 is 1.35 bits per heavy atom. The molecule has 0 fully saturated rings. The van der Waals surface area contributed by atoms with Gasteiger partial charge in [-0.25, -0.2) is 4.79 Å². The molecule has 1 aromatic carbocycles. The first kappa shape index (κ1) is 19.1. The Hall–Kier alpha value is -1.93. The van der Waals surface area contributed by atoms with Crippen molar-refractivity contribution in [3.63, 3.8) is 0 Å². The molecule has 0 heterocycles. The fraction of sp³-hybridized carbons (Fsp3) is 0.500.